The molecule has 16 heavy (non-hydrogen) atoms. The summed E-state index contributed by atoms with van der Waals surface area (Å²) in [5, 5.41) is 1.14. The van der Waals surface area contributed by atoms with E-state index in [1.54, 1.807) is 13.8 Å². The van der Waals surface area contributed by atoms with Gasteiger partial charge >= 0.3 is 12.2 Å². The zero-order valence-electron chi connectivity index (χ0n) is 10.3. The third-order valence-corrected chi connectivity index (χ3v) is 1.98. The molecule has 2 amide bonds. The predicted molar refractivity (Wildman–Crippen MR) is 58.8 cm³/mol. The van der Waals surface area contributed by atoms with Crippen molar-refractivity contribution in [3.05, 3.63) is 0 Å². The van der Waals surface area contributed by atoms with Gasteiger partial charge in [0.25, 0.3) is 0 Å². The van der Waals surface area contributed by atoms with Crippen molar-refractivity contribution < 1.29 is 19.1 Å². The fourth-order valence-corrected chi connectivity index (χ4v) is 0.973. The molecule has 0 aliphatic rings. The Labute approximate surface area is 95.9 Å². The Morgan fingerprint density at radius 3 is 2.19 bits per heavy atom. The van der Waals surface area contributed by atoms with E-state index in [4.69, 9.17) is 9.47 Å². The Balaban J connectivity index is 4.42. The Morgan fingerprint density at radius 1 is 1.19 bits per heavy atom. The molecule has 0 aliphatic heterocycles. The quantitative estimate of drug-likeness (QED) is 0.752. The van der Waals surface area contributed by atoms with E-state index in [0.29, 0.717) is 6.42 Å². The van der Waals surface area contributed by atoms with Crippen molar-refractivity contribution in [3.8, 4) is 0 Å². The lowest BCUT2D eigenvalue weighted by Crippen LogP contribution is -2.51. The van der Waals surface area contributed by atoms with Gasteiger partial charge in [-0.05, 0) is 27.2 Å². The highest BCUT2D eigenvalue weighted by molar-refractivity contribution is 5.74. The van der Waals surface area contributed by atoms with Gasteiger partial charge in [0, 0.05) is 0 Å². The normalized spacial score (nSPS) is 11.5. The Morgan fingerprint density at radius 2 is 1.75 bits per heavy atom. The van der Waals surface area contributed by atoms with E-state index in [2.05, 4.69) is 5.43 Å². The first-order valence-electron chi connectivity index (χ1n) is 5.46. The highest BCUT2D eigenvalue weighted by atomic mass is 16.6. The molecule has 1 N–H and O–H groups in total. The maximum Gasteiger partial charge on any atom is 0.429 e. The molecule has 0 fully saturated rings. The first-order chi connectivity index (χ1) is 7.56. The minimum absolute atomic E-state index is 0.150. The molecule has 94 valence electrons. The lowest BCUT2D eigenvalue weighted by molar-refractivity contribution is 0.0577. The standard InChI is InChI=1S/C10H20N2O4/c1-5-8(4)12(10(14)16-7-3)11-9(13)15-6-2/h8H,5-7H2,1-4H3,(H,11,13). The van der Waals surface area contributed by atoms with E-state index in [0.717, 1.165) is 5.01 Å². The number of hydrogen-bond donors (Lipinski definition) is 1. The zero-order chi connectivity index (χ0) is 12.6. The second-order valence-corrected chi connectivity index (χ2v) is 3.16. The van der Waals surface area contributed by atoms with Gasteiger partial charge in [-0.2, -0.15) is 0 Å². The highest BCUT2D eigenvalue weighted by Gasteiger charge is 2.22. The summed E-state index contributed by atoms with van der Waals surface area (Å²) in [6, 6.07) is -0.150. The number of amides is 2. The van der Waals surface area contributed by atoms with Crippen LogP contribution in [0.25, 0.3) is 0 Å². The fraction of sp³-hybridized carbons (Fsp3) is 0.800. The van der Waals surface area contributed by atoms with Crippen LogP contribution in [0.15, 0.2) is 0 Å². The van der Waals surface area contributed by atoms with Gasteiger partial charge < -0.3 is 9.47 Å². The number of hydrazine groups is 1. The molecule has 1 atom stereocenters. The van der Waals surface area contributed by atoms with Crippen LogP contribution in [0.5, 0.6) is 0 Å². The van der Waals surface area contributed by atoms with E-state index in [9.17, 15) is 9.59 Å². The van der Waals surface area contributed by atoms with Gasteiger partial charge in [-0.3, -0.25) is 0 Å². The lowest BCUT2D eigenvalue weighted by atomic mass is 10.2. The average Bonchev–Trinajstić information content (AvgIpc) is 2.25. The molecule has 0 aromatic carbocycles. The van der Waals surface area contributed by atoms with Crippen molar-refractivity contribution in [1.29, 1.82) is 0 Å². The molecule has 1 unspecified atom stereocenters. The first-order valence-corrected chi connectivity index (χ1v) is 5.46. The van der Waals surface area contributed by atoms with Crippen LogP contribution >= 0.6 is 0 Å². The van der Waals surface area contributed by atoms with Gasteiger partial charge in [-0.25, -0.2) is 20.0 Å². The van der Waals surface area contributed by atoms with Crippen LogP contribution in [-0.4, -0.2) is 36.5 Å². The molecule has 0 aromatic rings. The summed E-state index contributed by atoms with van der Waals surface area (Å²) in [6.07, 6.45) is -0.536. The third kappa shape index (κ3) is 4.86. The number of ether oxygens (including phenoxy) is 2. The van der Waals surface area contributed by atoms with Crippen LogP contribution in [0.4, 0.5) is 9.59 Å². The smallest absolute Gasteiger partial charge is 0.429 e. The summed E-state index contributed by atoms with van der Waals surface area (Å²) in [7, 11) is 0. The summed E-state index contributed by atoms with van der Waals surface area (Å²) < 4.78 is 9.52. The SMILES string of the molecule is CCOC(=O)NN(C(=O)OCC)C(C)CC. The molecular weight excluding hydrogens is 212 g/mol. The Kier molecular flexibility index (Phi) is 7.07. The summed E-state index contributed by atoms with van der Waals surface area (Å²) in [5.41, 5.74) is 2.35. The summed E-state index contributed by atoms with van der Waals surface area (Å²) in [4.78, 5) is 22.7. The van der Waals surface area contributed by atoms with Gasteiger partial charge in [0.1, 0.15) is 0 Å². The minimum Gasteiger partial charge on any atom is -0.449 e. The Bertz CT molecular complexity index is 233. The van der Waals surface area contributed by atoms with Gasteiger partial charge in [-0.15, -0.1) is 0 Å². The van der Waals surface area contributed by atoms with Gasteiger partial charge in [0.15, 0.2) is 0 Å². The molecule has 0 aromatic heterocycles. The van der Waals surface area contributed by atoms with E-state index >= 15 is 0 Å². The monoisotopic (exact) mass is 232 g/mol. The van der Waals surface area contributed by atoms with Crippen molar-refractivity contribution in [2.24, 2.45) is 0 Å². The molecule has 6 heteroatoms. The molecule has 0 rings (SSSR count). The molecule has 0 aliphatic carbocycles. The van der Waals surface area contributed by atoms with E-state index < -0.39 is 12.2 Å². The second-order valence-electron chi connectivity index (χ2n) is 3.16. The van der Waals surface area contributed by atoms with E-state index in [-0.39, 0.29) is 19.3 Å². The molecule has 0 heterocycles. The topological polar surface area (TPSA) is 67.9 Å². The van der Waals surface area contributed by atoms with Crippen molar-refractivity contribution in [1.82, 2.24) is 10.4 Å². The zero-order valence-corrected chi connectivity index (χ0v) is 10.3. The maximum atomic E-state index is 11.5. The minimum atomic E-state index is -0.657. The van der Waals surface area contributed by atoms with Gasteiger partial charge in [0.2, 0.25) is 0 Å². The summed E-state index contributed by atoms with van der Waals surface area (Å²) in [6.45, 7) is 7.63. The van der Waals surface area contributed by atoms with Gasteiger partial charge in [0.05, 0.1) is 19.3 Å². The number of rotatable bonds is 4. The van der Waals surface area contributed by atoms with Crippen LogP contribution in [-0.2, 0) is 9.47 Å². The van der Waals surface area contributed by atoms with Crippen LogP contribution < -0.4 is 5.43 Å². The highest BCUT2D eigenvalue weighted by Crippen LogP contribution is 2.03. The molecule has 0 saturated heterocycles. The molecule has 0 bridgehead atoms. The van der Waals surface area contributed by atoms with Crippen LogP contribution in [0.3, 0.4) is 0 Å². The average molecular weight is 232 g/mol. The van der Waals surface area contributed by atoms with Crippen LogP contribution in [0, 0.1) is 0 Å². The third-order valence-electron chi connectivity index (χ3n) is 1.98. The maximum absolute atomic E-state index is 11.5. The van der Waals surface area contributed by atoms with Crippen molar-refractivity contribution in [3.63, 3.8) is 0 Å². The fourth-order valence-electron chi connectivity index (χ4n) is 0.973. The molecule has 0 radical (unpaired) electrons. The van der Waals surface area contributed by atoms with Crippen molar-refractivity contribution in [2.45, 2.75) is 40.2 Å². The second kappa shape index (κ2) is 7.78. The summed E-state index contributed by atoms with van der Waals surface area (Å²) >= 11 is 0. The van der Waals surface area contributed by atoms with Crippen LogP contribution in [0.1, 0.15) is 34.1 Å². The first kappa shape index (κ1) is 14.5. The molecule has 0 spiro atoms. The summed E-state index contributed by atoms with van der Waals surface area (Å²) in [5.74, 6) is 0. The number of nitrogens with one attached hydrogen (secondary N) is 1. The Hall–Kier alpha value is -1.46. The van der Waals surface area contributed by atoms with Crippen molar-refractivity contribution >= 4 is 12.2 Å². The largest absolute Gasteiger partial charge is 0.449 e. The van der Waals surface area contributed by atoms with Gasteiger partial charge in [-0.1, -0.05) is 6.92 Å². The number of nitrogens with zero attached hydrogens (tertiary/aromatic N) is 1. The van der Waals surface area contributed by atoms with Crippen molar-refractivity contribution in [2.75, 3.05) is 13.2 Å². The molecule has 0 saturated carbocycles. The van der Waals surface area contributed by atoms with E-state index in [1.807, 2.05) is 13.8 Å². The molecular formula is C10H20N2O4. The number of carbonyl (C=O) groups is 2. The number of carbonyl (C=O) groups excluding carboxylic acids is 2. The number of hydrogen-bond acceptors (Lipinski definition) is 4. The van der Waals surface area contributed by atoms with E-state index in [1.165, 1.54) is 0 Å². The van der Waals surface area contributed by atoms with Crippen LogP contribution in [0.2, 0.25) is 0 Å². The molecule has 6 nitrogen and oxygen atoms in total. The lowest BCUT2D eigenvalue weighted by Gasteiger charge is -2.27. The predicted octanol–water partition coefficient (Wildman–Crippen LogP) is 1.90.